The van der Waals surface area contributed by atoms with Gasteiger partial charge in [-0.15, -0.1) is 0 Å². The Kier molecular flexibility index (Phi) is 4.24. The molecule has 1 atom stereocenters. The fourth-order valence-electron chi connectivity index (χ4n) is 2.93. The van der Waals surface area contributed by atoms with E-state index in [1.807, 2.05) is 20.0 Å². The first-order valence-electron chi connectivity index (χ1n) is 7.73. The number of ether oxygens (including phenoxy) is 1. The number of rotatable bonds is 4. The predicted octanol–water partition coefficient (Wildman–Crippen LogP) is 1.48. The molecule has 1 aliphatic rings. The van der Waals surface area contributed by atoms with Gasteiger partial charge < -0.3 is 15.4 Å². The number of methoxy groups -OCH3 is 1. The Morgan fingerprint density at radius 3 is 2.92 bits per heavy atom. The Morgan fingerprint density at radius 2 is 2.25 bits per heavy atom. The van der Waals surface area contributed by atoms with Gasteiger partial charge in [-0.25, -0.2) is 0 Å². The Balaban J connectivity index is 1.79. The lowest BCUT2D eigenvalue weighted by atomic mass is 9.89. The van der Waals surface area contributed by atoms with Crippen LogP contribution in [0.25, 0.3) is 0 Å². The molecule has 2 N–H and O–H groups in total. The van der Waals surface area contributed by atoms with Crippen LogP contribution < -0.4 is 15.4 Å². The Bertz CT molecular complexity index is 797. The number of benzene rings is 1. The second kappa shape index (κ2) is 6.35. The van der Waals surface area contributed by atoms with Gasteiger partial charge in [0.1, 0.15) is 5.75 Å². The Labute approximate surface area is 140 Å². The number of aryl methyl sites for hydroxylation is 2. The molecule has 0 unspecified atom stereocenters. The first-order chi connectivity index (χ1) is 11.5. The Morgan fingerprint density at radius 1 is 1.46 bits per heavy atom. The summed E-state index contributed by atoms with van der Waals surface area (Å²) in [4.78, 5) is 24.5. The summed E-state index contributed by atoms with van der Waals surface area (Å²) >= 11 is 0. The number of carbonyl (C=O) groups excluding carboxylic acids is 2. The second-order valence-electron chi connectivity index (χ2n) is 5.88. The highest BCUT2D eigenvalue weighted by molar-refractivity contribution is 6.01. The van der Waals surface area contributed by atoms with E-state index in [1.165, 1.54) is 0 Å². The summed E-state index contributed by atoms with van der Waals surface area (Å²) in [5.74, 6) is -0.217. The topological polar surface area (TPSA) is 85.2 Å². The number of nitrogens with zero attached hydrogens (tertiary/aromatic N) is 2. The lowest BCUT2D eigenvalue weighted by molar-refractivity contribution is -0.126. The van der Waals surface area contributed by atoms with Crippen molar-refractivity contribution in [2.24, 2.45) is 7.05 Å². The summed E-state index contributed by atoms with van der Waals surface area (Å²) in [7, 11) is 3.41. The zero-order valence-electron chi connectivity index (χ0n) is 13.9. The van der Waals surface area contributed by atoms with Crippen molar-refractivity contribution in [1.29, 1.82) is 0 Å². The van der Waals surface area contributed by atoms with Crippen LogP contribution >= 0.6 is 0 Å². The predicted molar refractivity (Wildman–Crippen MR) is 88.8 cm³/mol. The van der Waals surface area contributed by atoms with Crippen LogP contribution in [0.1, 0.15) is 29.3 Å². The summed E-state index contributed by atoms with van der Waals surface area (Å²) < 4.78 is 6.96. The third-order valence-corrected chi connectivity index (χ3v) is 4.16. The third kappa shape index (κ3) is 3.10. The number of carbonyl (C=O) groups is 2. The molecular weight excluding hydrogens is 308 g/mol. The van der Waals surface area contributed by atoms with Crippen molar-refractivity contribution < 1.29 is 14.3 Å². The number of hydrogen-bond acceptors (Lipinski definition) is 4. The normalized spacial score (nSPS) is 16.3. The van der Waals surface area contributed by atoms with Crippen molar-refractivity contribution in [3.63, 3.8) is 0 Å². The highest BCUT2D eigenvalue weighted by Gasteiger charge is 2.31. The fraction of sp³-hybridized carbons (Fsp3) is 0.353. The molecular formula is C17H20N4O3. The Hall–Kier alpha value is -2.83. The molecule has 24 heavy (non-hydrogen) atoms. The van der Waals surface area contributed by atoms with Crippen LogP contribution in [-0.2, 0) is 23.2 Å². The van der Waals surface area contributed by atoms with Gasteiger partial charge in [0.15, 0.2) is 0 Å². The summed E-state index contributed by atoms with van der Waals surface area (Å²) in [6, 6.07) is 7.24. The molecule has 1 aromatic carbocycles. The molecule has 1 aromatic heterocycles. The minimum Gasteiger partial charge on any atom is -0.497 e. The van der Waals surface area contributed by atoms with Crippen molar-refractivity contribution in [2.45, 2.75) is 25.8 Å². The molecule has 2 aromatic rings. The smallest absolute Gasteiger partial charge is 0.228 e. The molecule has 0 aliphatic carbocycles. The highest BCUT2D eigenvalue weighted by atomic mass is 16.5. The molecule has 2 heterocycles. The molecule has 0 spiro atoms. The van der Waals surface area contributed by atoms with Crippen LogP contribution in [0.5, 0.6) is 5.75 Å². The lowest BCUT2D eigenvalue weighted by Crippen LogP contribution is -2.35. The van der Waals surface area contributed by atoms with E-state index < -0.39 is 5.92 Å². The standard InChI is InChI=1S/C17H20N4O3/c1-10-6-11(21(2)20-10)9-18-17(23)14-8-16(22)19-15-5-4-12(24-3)7-13(14)15/h4-7,14H,8-9H2,1-3H3,(H,18,23)(H,19,22)/t14-/m1/s1. The van der Waals surface area contributed by atoms with Gasteiger partial charge in [0.25, 0.3) is 0 Å². The number of fused-ring (bicyclic) bond motifs is 1. The van der Waals surface area contributed by atoms with Crippen LogP contribution in [0.15, 0.2) is 24.3 Å². The first kappa shape index (κ1) is 16.0. The molecule has 7 nitrogen and oxygen atoms in total. The average Bonchev–Trinajstić information content (AvgIpc) is 2.89. The maximum Gasteiger partial charge on any atom is 0.228 e. The van der Waals surface area contributed by atoms with E-state index in [1.54, 1.807) is 30.0 Å². The number of hydrogen-bond donors (Lipinski definition) is 2. The molecule has 0 bridgehead atoms. The van der Waals surface area contributed by atoms with Gasteiger partial charge in [0.05, 0.1) is 31.0 Å². The van der Waals surface area contributed by atoms with E-state index in [9.17, 15) is 9.59 Å². The third-order valence-electron chi connectivity index (χ3n) is 4.16. The van der Waals surface area contributed by atoms with E-state index in [-0.39, 0.29) is 18.2 Å². The van der Waals surface area contributed by atoms with E-state index in [2.05, 4.69) is 15.7 Å². The van der Waals surface area contributed by atoms with Crippen molar-refractivity contribution in [3.05, 3.63) is 41.2 Å². The van der Waals surface area contributed by atoms with E-state index in [4.69, 9.17) is 4.74 Å². The maximum absolute atomic E-state index is 12.6. The largest absolute Gasteiger partial charge is 0.497 e. The second-order valence-corrected chi connectivity index (χ2v) is 5.88. The van der Waals surface area contributed by atoms with Gasteiger partial charge >= 0.3 is 0 Å². The van der Waals surface area contributed by atoms with Crippen molar-refractivity contribution in [3.8, 4) is 5.75 Å². The number of amides is 2. The summed E-state index contributed by atoms with van der Waals surface area (Å²) in [5, 5.41) is 9.95. The average molecular weight is 328 g/mol. The van der Waals surface area contributed by atoms with Crippen molar-refractivity contribution in [2.75, 3.05) is 12.4 Å². The molecule has 7 heteroatoms. The van der Waals surface area contributed by atoms with E-state index >= 15 is 0 Å². The van der Waals surface area contributed by atoms with Gasteiger partial charge in [-0.05, 0) is 36.8 Å². The maximum atomic E-state index is 12.6. The molecule has 3 rings (SSSR count). The van der Waals surface area contributed by atoms with E-state index in [0.717, 1.165) is 17.0 Å². The molecule has 0 fully saturated rings. The van der Waals surface area contributed by atoms with Crippen molar-refractivity contribution >= 4 is 17.5 Å². The monoisotopic (exact) mass is 328 g/mol. The van der Waals surface area contributed by atoms with Gasteiger partial charge in [0.2, 0.25) is 11.8 Å². The van der Waals surface area contributed by atoms with Crippen LogP contribution in [0, 0.1) is 6.92 Å². The van der Waals surface area contributed by atoms with Crippen molar-refractivity contribution in [1.82, 2.24) is 15.1 Å². The highest BCUT2D eigenvalue weighted by Crippen LogP contribution is 2.35. The summed E-state index contributed by atoms with van der Waals surface area (Å²) in [5.41, 5.74) is 3.23. The van der Waals surface area contributed by atoms with Crippen LogP contribution in [-0.4, -0.2) is 28.7 Å². The molecule has 0 radical (unpaired) electrons. The minimum absolute atomic E-state index is 0.121. The van der Waals surface area contributed by atoms with Gasteiger partial charge in [-0.3, -0.25) is 14.3 Å². The quantitative estimate of drug-likeness (QED) is 0.890. The number of nitrogens with one attached hydrogen (secondary N) is 2. The first-order valence-corrected chi connectivity index (χ1v) is 7.73. The SMILES string of the molecule is COc1ccc2c(c1)[C@H](C(=O)NCc1cc(C)nn1C)CC(=O)N2. The lowest BCUT2D eigenvalue weighted by Gasteiger charge is -2.25. The zero-order valence-corrected chi connectivity index (χ0v) is 13.9. The van der Waals surface area contributed by atoms with Gasteiger partial charge in [-0.1, -0.05) is 0 Å². The molecule has 1 aliphatic heterocycles. The molecule has 0 saturated heterocycles. The summed E-state index contributed by atoms with van der Waals surface area (Å²) in [6.45, 7) is 2.27. The van der Waals surface area contributed by atoms with Crippen LogP contribution in [0.3, 0.4) is 0 Å². The fourth-order valence-corrected chi connectivity index (χ4v) is 2.93. The molecule has 2 amide bonds. The molecule has 0 saturated carbocycles. The molecule has 126 valence electrons. The summed E-state index contributed by atoms with van der Waals surface area (Å²) in [6.07, 6.45) is 0.121. The van der Waals surface area contributed by atoms with Gasteiger partial charge in [-0.2, -0.15) is 5.10 Å². The van der Waals surface area contributed by atoms with Crippen LogP contribution in [0.4, 0.5) is 5.69 Å². The van der Waals surface area contributed by atoms with E-state index in [0.29, 0.717) is 18.0 Å². The minimum atomic E-state index is -0.529. The zero-order chi connectivity index (χ0) is 17.3. The van der Waals surface area contributed by atoms with Gasteiger partial charge in [0, 0.05) is 19.2 Å². The van der Waals surface area contributed by atoms with Crippen LogP contribution in [0.2, 0.25) is 0 Å². The number of aromatic nitrogens is 2. The number of anilines is 1.